The summed E-state index contributed by atoms with van der Waals surface area (Å²) < 4.78 is 206. The molecule has 0 aliphatic carbocycles. The standard InChI is InChI=1S/C54H35N3/c1-2-13-36(14-3-1)37-25-27-38(28-26-37)39-29-31-40(32-30-39)56-50-22-10-7-18-45(50)47-19-12-24-52(54(47)56)57-51-23-11-6-17-44(51)46-34-33-41(35-53(46)57)55-48-20-8-4-15-42(48)43-16-5-9-21-49(43)55/h1-35H/i4D,5D,6D,7D,8D,9D,10D,11D,12D,15D,16D,17D,18D,19D,20D,21D,22D,23D,24D,33D,34D,35D. The number of benzene rings is 9. The molecule has 3 heteroatoms. The normalized spacial score (nSPS) is 17.3. The van der Waals surface area contributed by atoms with E-state index in [1.807, 2.05) is 54.6 Å². The molecule has 0 N–H and O–H groups in total. The first-order chi connectivity index (χ1) is 37.5. The van der Waals surface area contributed by atoms with Gasteiger partial charge in [0.05, 0.1) is 68.9 Å². The van der Waals surface area contributed by atoms with Crippen molar-refractivity contribution in [3.05, 3.63) is 212 Å². The molecule has 3 aromatic heterocycles. The van der Waals surface area contributed by atoms with Crippen molar-refractivity contribution in [2.45, 2.75) is 0 Å². The average Bonchev–Trinajstić information content (AvgIpc) is 4.19. The first-order valence-corrected chi connectivity index (χ1v) is 17.8. The molecule has 0 saturated heterocycles. The van der Waals surface area contributed by atoms with Crippen LogP contribution in [-0.2, 0) is 0 Å². The average molecular weight is 748 g/mol. The van der Waals surface area contributed by atoms with E-state index >= 15 is 0 Å². The highest BCUT2D eigenvalue weighted by Crippen LogP contribution is 2.41. The van der Waals surface area contributed by atoms with Crippen molar-refractivity contribution in [1.29, 1.82) is 0 Å². The van der Waals surface area contributed by atoms with E-state index in [9.17, 15) is 16.4 Å². The van der Waals surface area contributed by atoms with Gasteiger partial charge in [0.15, 0.2) is 0 Å². The third-order valence-corrected chi connectivity index (χ3v) is 10.3. The summed E-state index contributed by atoms with van der Waals surface area (Å²) in [7, 11) is 0. The highest BCUT2D eigenvalue weighted by Gasteiger charge is 2.21. The highest BCUT2D eigenvalue weighted by atomic mass is 15.1. The second-order valence-electron chi connectivity index (χ2n) is 13.3. The van der Waals surface area contributed by atoms with Crippen molar-refractivity contribution < 1.29 is 30.2 Å². The van der Waals surface area contributed by atoms with Crippen molar-refractivity contribution in [2.24, 2.45) is 0 Å². The van der Waals surface area contributed by atoms with Crippen LogP contribution in [0.4, 0.5) is 0 Å². The molecule has 0 fully saturated rings. The fourth-order valence-corrected chi connectivity index (χ4v) is 7.74. The minimum atomic E-state index is -0.894. The van der Waals surface area contributed by atoms with Crippen LogP contribution in [0.3, 0.4) is 0 Å². The first-order valence-electron chi connectivity index (χ1n) is 28.8. The fraction of sp³-hybridized carbons (Fsp3) is 0. The molecule has 12 aromatic rings. The predicted molar refractivity (Wildman–Crippen MR) is 240 cm³/mol. The summed E-state index contributed by atoms with van der Waals surface area (Å²) in [5.74, 6) is 0. The Morgan fingerprint density at radius 3 is 1.32 bits per heavy atom. The maximum Gasteiger partial charge on any atom is 0.0782 e. The Balaban J connectivity index is 1.29. The van der Waals surface area contributed by atoms with Gasteiger partial charge >= 0.3 is 0 Å². The van der Waals surface area contributed by atoms with Crippen molar-refractivity contribution >= 4 is 65.4 Å². The molecule has 0 bridgehead atoms. The summed E-state index contributed by atoms with van der Waals surface area (Å²) in [5, 5.41) is -2.34. The van der Waals surface area contributed by atoms with Gasteiger partial charge in [-0.25, -0.2) is 0 Å². The summed E-state index contributed by atoms with van der Waals surface area (Å²) >= 11 is 0. The van der Waals surface area contributed by atoms with Gasteiger partial charge < -0.3 is 13.7 Å². The molecule has 3 heterocycles. The summed E-state index contributed by atoms with van der Waals surface area (Å²) in [5.41, 5.74) is -0.192. The van der Waals surface area contributed by atoms with E-state index < -0.39 is 188 Å². The Hall–Kier alpha value is -7.62. The van der Waals surface area contributed by atoms with Crippen LogP contribution in [0.5, 0.6) is 0 Å². The molecule has 12 rings (SSSR count). The number of aromatic nitrogens is 3. The summed E-state index contributed by atoms with van der Waals surface area (Å²) in [4.78, 5) is 0. The maximum absolute atomic E-state index is 10.3. The lowest BCUT2D eigenvalue weighted by atomic mass is 10.0. The lowest BCUT2D eigenvalue weighted by Gasteiger charge is -2.15. The first kappa shape index (κ1) is 17.0. The molecule has 0 unspecified atom stereocenters. The number of rotatable bonds is 5. The second-order valence-corrected chi connectivity index (χ2v) is 13.3. The van der Waals surface area contributed by atoms with Crippen LogP contribution >= 0.6 is 0 Å². The molecule has 0 amide bonds. The molecule has 9 aromatic carbocycles. The SMILES string of the molecule is [2H]c1c([2H])c([2H])c2c(c1[2H])c1c([2H])c([2H])c([2H])c(-n3c4c([2H])c([2H])c([2H])c([2H])c4c4c([2H])c([2H])c(-n5c6c([2H])c([2H])c([2H])c([2H])c6c6c([2H])c([2H])c([2H])c([2H])c65)c([2H])c43)c1n2-c1ccc(-c2ccc(-c3ccccc3)cc2)cc1. The molecule has 0 aliphatic rings. The quantitative estimate of drug-likeness (QED) is 0.167. The van der Waals surface area contributed by atoms with Crippen LogP contribution in [0.15, 0.2) is 212 Å². The number of nitrogens with zero attached hydrogens (tertiary/aromatic N) is 3. The molecule has 0 aliphatic heterocycles. The largest absolute Gasteiger partial charge is 0.309 e. The number of para-hydroxylation sites is 5. The van der Waals surface area contributed by atoms with Gasteiger partial charge in [0.25, 0.3) is 0 Å². The van der Waals surface area contributed by atoms with E-state index in [-0.39, 0.29) is 27.5 Å². The van der Waals surface area contributed by atoms with E-state index in [1.54, 1.807) is 24.3 Å². The molecular weight excluding hydrogens is 691 g/mol. The zero-order chi connectivity index (χ0) is 56.6. The number of fused-ring (bicyclic) bond motifs is 9. The van der Waals surface area contributed by atoms with E-state index in [0.29, 0.717) is 5.56 Å². The molecule has 0 saturated carbocycles. The van der Waals surface area contributed by atoms with Crippen LogP contribution < -0.4 is 0 Å². The van der Waals surface area contributed by atoms with Gasteiger partial charge in [0.1, 0.15) is 0 Å². The zero-order valence-electron chi connectivity index (χ0n) is 51.3. The van der Waals surface area contributed by atoms with Crippen LogP contribution in [0.2, 0.25) is 0 Å². The van der Waals surface area contributed by atoms with Crippen LogP contribution in [-0.4, -0.2) is 13.7 Å². The molecule has 266 valence electrons. The third kappa shape index (κ3) is 4.79. The van der Waals surface area contributed by atoms with E-state index in [1.165, 1.54) is 4.57 Å². The predicted octanol–water partition coefficient (Wildman–Crippen LogP) is 14.3. The van der Waals surface area contributed by atoms with E-state index in [4.69, 9.17) is 13.7 Å². The van der Waals surface area contributed by atoms with Crippen molar-refractivity contribution in [2.75, 3.05) is 0 Å². The van der Waals surface area contributed by atoms with Crippen molar-refractivity contribution in [3.63, 3.8) is 0 Å². The monoisotopic (exact) mass is 747 g/mol. The molecule has 3 nitrogen and oxygen atoms in total. The second kappa shape index (κ2) is 12.5. The van der Waals surface area contributed by atoms with Gasteiger partial charge in [-0.2, -0.15) is 0 Å². The van der Waals surface area contributed by atoms with Crippen LogP contribution in [0, 0.1) is 0 Å². The summed E-state index contributed by atoms with van der Waals surface area (Å²) in [6.45, 7) is 0. The lowest BCUT2D eigenvalue weighted by molar-refractivity contribution is 1.12. The summed E-state index contributed by atoms with van der Waals surface area (Å²) in [6, 6.07) is 7.18. The minimum absolute atomic E-state index is 0.185. The number of hydrogen-bond donors (Lipinski definition) is 0. The Morgan fingerprint density at radius 2 is 0.737 bits per heavy atom. The topological polar surface area (TPSA) is 14.8 Å². The van der Waals surface area contributed by atoms with Crippen molar-refractivity contribution in [1.82, 2.24) is 13.7 Å². The lowest BCUT2D eigenvalue weighted by Crippen LogP contribution is -2.01. The van der Waals surface area contributed by atoms with Gasteiger partial charge in [0, 0.05) is 43.7 Å². The van der Waals surface area contributed by atoms with Crippen LogP contribution in [0.1, 0.15) is 30.2 Å². The fourth-order valence-electron chi connectivity index (χ4n) is 7.74. The van der Waals surface area contributed by atoms with E-state index in [2.05, 4.69) is 0 Å². The Morgan fingerprint density at radius 1 is 0.298 bits per heavy atom. The molecule has 0 radical (unpaired) electrons. The highest BCUT2D eigenvalue weighted by molar-refractivity contribution is 6.16. The van der Waals surface area contributed by atoms with Gasteiger partial charge in [0.2, 0.25) is 0 Å². The number of hydrogen-bond acceptors (Lipinski definition) is 0. The van der Waals surface area contributed by atoms with Gasteiger partial charge in [-0.3, -0.25) is 0 Å². The third-order valence-electron chi connectivity index (χ3n) is 10.3. The van der Waals surface area contributed by atoms with Gasteiger partial charge in [-0.05, 0) is 76.7 Å². The molecular formula is C54H35N3. The molecule has 0 atom stereocenters. The zero-order valence-corrected chi connectivity index (χ0v) is 29.3. The Kier molecular flexibility index (Phi) is 3.72. The minimum Gasteiger partial charge on any atom is -0.309 e. The maximum atomic E-state index is 10.3. The Labute approximate surface area is 360 Å². The smallest absolute Gasteiger partial charge is 0.0782 e. The van der Waals surface area contributed by atoms with Crippen LogP contribution in [0.25, 0.3) is 105 Å². The van der Waals surface area contributed by atoms with E-state index in [0.717, 1.165) is 25.8 Å². The van der Waals surface area contributed by atoms with Gasteiger partial charge in [-0.1, -0.05) is 157 Å². The van der Waals surface area contributed by atoms with Crippen molar-refractivity contribution in [3.8, 4) is 39.3 Å². The van der Waals surface area contributed by atoms with Gasteiger partial charge in [-0.15, -0.1) is 0 Å². The molecule has 57 heavy (non-hydrogen) atoms. The molecule has 0 spiro atoms. The Bertz CT molecular complexity index is 4700. The summed E-state index contributed by atoms with van der Waals surface area (Å²) in [6.07, 6.45) is 0.